The van der Waals surface area contributed by atoms with Gasteiger partial charge in [-0.05, 0) is 17.7 Å². The molecule has 3 N–H and O–H groups in total. The smallest absolute Gasteiger partial charge is 0.204 e. The molecule has 6 nitrogen and oxygen atoms in total. The lowest BCUT2D eigenvalue weighted by Crippen LogP contribution is -2.05. The van der Waals surface area contributed by atoms with Gasteiger partial charge in [-0.25, -0.2) is 0 Å². The van der Waals surface area contributed by atoms with E-state index in [2.05, 4.69) is 0 Å². The minimum absolute atomic E-state index is 0. The molecule has 2 aromatic carbocycles. The molecule has 1 heterocycles. The summed E-state index contributed by atoms with van der Waals surface area (Å²) < 4.78 is 10.3. The maximum atomic E-state index is 12.5. The second kappa shape index (κ2) is 6.10. The van der Waals surface area contributed by atoms with Crippen LogP contribution in [0.1, 0.15) is 0 Å². The molecule has 0 fully saturated rings. The third-order valence-corrected chi connectivity index (χ3v) is 3.33. The molecule has 3 aromatic rings. The maximum absolute atomic E-state index is 12.5. The molecule has 0 radical (unpaired) electrons. The molecule has 0 bridgehead atoms. The van der Waals surface area contributed by atoms with Crippen LogP contribution in [0, 0.1) is 0 Å². The molecule has 0 aliphatic rings. The summed E-state index contributed by atoms with van der Waals surface area (Å²) >= 11 is 0. The molecular weight excluding hydrogens is 324 g/mol. The van der Waals surface area contributed by atoms with Crippen molar-refractivity contribution in [2.24, 2.45) is 0 Å². The lowest BCUT2D eigenvalue weighted by molar-refractivity contribution is 0.373. The van der Waals surface area contributed by atoms with Crippen LogP contribution in [0.5, 0.6) is 23.0 Å². The molecule has 0 saturated heterocycles. The van der Waals surface area contributed by atoms with Crippen LogP contribution in [0.4, 0.5) is 0 Å². The predicted molar refractivity (Wildman–Crippen MR) is 86.7 cm³/mol. The molecule has 0 saturated carbocycles. The quantitative estimate of drug-likeness (QED) is 0.665. The molecule has 23 heavy (non-hydrogen) atoms. The lowest BCUT2D eigenvalue weighted by Gasteiger charge is -2.07. The van der Waals surface area contributed by atoms with Gasteiger partial charge in [0.1, 0.15) is 28.7 Å². The molecule has 0 aliphatic heterocycles. The summed E-state index contributed by atoms with van der Waals surface area (Å²) in [5.41, 5.74) is 0.195. The summed E-state index contributed by atoms with van der Waals surface area (Å²) in [6, 6.07) is 6.79. The zero-order valence-electron chi connectivity index (χ0n) is 11.9. The summed E-state index contributed by atoms with van der Waals surface area (Å²) in [5, 5.41) is 29.0. The molecular formula is C16H13ClO6. The molecule has 7 heteroatoms. The number of phenolic OH excluding ortho intramolecular Hbond substituents is 3. The summed E-state index contributed by atoms with van der Waals surface area (Å²) in [6.45, 7) is 0. The van der Waals surface area contributed by atoms with E-state index in [4.69, 9.17) is 9.15 Å². The van der Waals surface area contributed by atoms with Crippen LogP contribution in [-0.2, 0) is 0 Å². The molecule has 0 atom stereocenters. The number of ether oxygens (including phenoxy) is 1. The Bertz CT molecular complexity index is 932. The van der Waals surface area contributed by atoms with Crippen molar-refractivity contribution in [2.75, 3.05) is 7.11 Å². The monoisotopic (exact) mass is 336 g/mol. The van der Waals surface area contributed by atoms with Crippen molar-refractivity contribution < 1.29 is 24.5 Å². The Morgan fingerprint density at radius 3 is 2.43 bits per heavy atom. The number of hydrogen-bond donors (Lipinski definition) is 3. The highest BCUT2D eigenvalue weighted by Crippen LogP contribution is 2.33. The first-order chi connectivity index (χ1) is 10.5. The summed E-state index contributed by atoms with van der Waals surface area (Å²) in [7, 11) is 1.42. The van der Waals surface area contributed by atoms with E-state index in [1.165, 1.54) is 31.6 Å². The zero-order valence-corrected chi connectivity index (χ0v) is 12.8. The van der Waals surface area contributed by atoms with Crippen molar-refractivity contribution in [3.63, 3.8) is 0 Å². The average molecular weight is 337 g/mol. The van der Waals surface area contributed by atoms with E-state index in [9.17, 15) is 20.1 Å². The first-order valence-corrected chi connectivity index (χ1v) is 6.36. The molecule has 1 aromatic heterocycles. The summed E-state index contributed by atoms with van der Waals surface area (Å²) in [5.74, 6) is -0.414. The normalized spacial score (nSPS) is 10.3. The van der Waals surface area contributed by atoms with E-state index in [-0.39, 0.29) is 51.9 Å². The second-order valence-electron chi connectivity index (χ2n) is 4.70. The Morgan fingerprint density at radius 1 is 1.04 bits per heavy atom. The number of rotatable bonds is 2. The molecule has 3 rings (SSSR count). The van der Waals surface area contributed by atoms with Gasteiger partial charge in [-0.15, -0.1) is 12.4 Å². The number of methoxy groups -OCH3 is 1. The van der Waals surface area contributed by atoms with Gasteiger partial charge in [0.2, 0.25) is 5.43 Å². The largest absolute Gasteiger partial charge is 0.508 e. The fourth-order valence-electron chi connectivity index (χ4n) is 2.28. The van der Waals surface area contributed by atoms with Crippen molar-refractivity contribution in [2.45, 2.75) is 0 Å². The van der Waals surface area contributed by atoms with E-state index in [0.29, 0.717) is 5.56 Å². The van der Waals surface area contributed by atoms with Gasteiger partial charge in [0.25, 0.3) is 0 Å². The van der Waals surface area contributed by atoms with Crippen LogP contribution < -0.4 is 10.2 Å². The van der Waals surface area contributed by atoms with Gasteiger partial charge in [-0.2, -0.15) is 0 Å². The Morgan fingerprint density at radius 2 is 1.78 bits per heavy atom. The average Bonchev–Trinajstić information content (AvgIpc) is 2.46. The van der Waals surface area contributed by atoms with Crippen LogP contribution in [0.3, 0.4) is 0 Å². The number of hydrogen-bond acceptors (Lipinski definition) is 6. The first-order valence-electron chi connectivity index (χ1n) is 6.36. The molecule has 0 aliphatic carbocycles. The van der Waals surface area contributed by atoms with E-state index in [1.54, 1.807) is 6.07 Å². The molecule has 0 unspecified atom stereocenters. The highest BCUT2D eigenvalue weighted by atomic mass is 35.5. The molecule has 0 amide bonds. The predicted octanol–water partition coefficient (Wildman–Crippen LogP) is 3.01. The topological polar surface area (TPSA) is 100 Å². The van der Waals surface area contributed by atoms with E-state index in [1.807, 2.05) is 0 Å². The Kier molecular flexibility index (Phi) is 4.38. The Labute approximate surface area is 136 Å². The van der Waals surface area contributed by atoms with Gasteiger partial charge >= 0.3 is 0 Å². The molecule has 120 valence electrons. The fourth-order valence-corrected chi connectivity index (χ4v) is 2.28. The zero-order chi connectivity index (χ0) is 15.9. The highest BCUT2D eigenvalue weighted by molar-refractivity contribution is 5.88. The van der Waals surface area contributed by atoms with Crippen molar-refractivity contribution in [1.82, 2.24) is 0 Å². The lowest BCUT2D eigenvalue weighted by atomic mass is 10.0. The van der Waals surface area contributed by atoms with Gasteiger partial charge in [0.05, 0.1) is 12.7 Å². The van der Waals surface area contributed by atoms with Crippen molar-refractivity contribution in [3.05, 3.63) is 46.8 Å². The van der Waals surface area contributed by atoms with Crippen molar-refractivity contribution in [3.8, 4) is 34.1 Å². The third-order valence-electron chi connectivity index (χ3n) is 3.33. The van der Waals surface area contributed by atoms with E-state index < -0.39 is 5.43 Å². The van der Waals surface area contributed by atoms with Gasteiger partial charge in [-0.3, -0.25) is 4.79 Å². The summed E-state index contributed by atoms with van der Waals surface area (Å²) in [4.78, 5) is 12.5. The highest BCUT2D eigenvalue weighted by Gasteiger charge is 2.15. The standard InChI is InChI=1S/C16H12O6.ClH/c1-21-13-3-2-8(4-11(13)18)10-7-22-14-6-9(17)5-12(19)15(14)16(10)20;/h2-7,17-19H,1H3;1H. The van der Waals surface area contributed by atoms with Crippen LogP contribution in [-0.4, -0.2) is 22.4 Å². The van der Waals surface area contributed by atoms with Crippen molar-refractivity contribution >= 4 is 23.4 Å². The van der Waals surface area contributed by atoms with E-state index >= 15 is 0 Å². The minimum atomic E-state index is -0.469. The Balaban J connectivity index is 0.00000192. The number of halogens is 1. The van der Waals surface area contributed by atoms with Crippen LogP contribution in [0.25, 0.3) is 22.1 Å². The fraction of sp³-hybridized carbons (Fsp3) is 0.0625. The van der Waals surface area contributed by atoms with Crippen LogP contribution >= 0.6 is 12.4 Å². The number of aromatic hydroxyl groups is 3. The van der Waals surface area contributed by atoms with Gasteiger partial charge in [0, 0.05) is 12.1 Å². The number of phenols is 3. The Hall–Kier alpha value is -2.86. The van der Waals surface area contributed by atoms with Gasteiger partial charge < -0.3 is 24.5 Å². The molecule has 0 spiro atoms. The summed E-state index contributed by atoms with van der Waals surface area (Å²) in [6.07, 6.45) is 1.21. The van der Waals surface area contributed by atoms with Crippen LogP contribution in [0.2, 0.25) is 0 Å². The minimum Gasteiger partial charge on any atom is -0.508 e. The maximum Gasteiger partial charge on any atom is 0.204 e. The number of fused-ring (bicyclic) bond motifs is 1. The third kappa shape index (κ3) is 2.76. The van der Waals surface area contributed by atoms with Gasteiger partial charge in [0.15, 0.2) is 11.5 Å². The second-order valence-corrected chi connectivity index (χ2v) is 4.70. The van der Waals surface area contributed by atoms with Crippen molar-refractivity contribution in [1.29, 1.82) is 0 Å². The van der Waals surface area contributed by atoms with Crippen LogP contribution in [0.15, 0.2) is 45.8 Å². The number of benzene rings is 2. The SMILES string of the molecule is COc1ccc(-c2coc3cc(O)cc(O)c3c2=O)cc1O.Cl. The first kappa shape index (κ1) is 16.5. The van der Waals surface area contributed by atoms with Gasteiger partial charge in [-0.1, -0.05) is 6.07 Å². The van der Waals surface area contributed by atoms with E-state index in [0.717, 1.165) is 6.07 Å².